The van der Waals surface area contributed by atoms with Gasteiger partial charge in [-0.25, -0.2) is 8.42 Å². The summed E-state index contributed by atoms with van der Waals surface area (Å²) in [5.74, 6) is -0.376. The molecule has 3 rings (SSSR count). The smallest absolute Gasteiger partial charge is 0.261 e. The van der Waals surface area contributed by atoms with Crippen LogP contribution in [0.15, 0.2) is 59.9 Å². The van der Waals surface area contributed by atoms with Crippen molar-refractivity contribution in [3.63, 3.8) is 0 Å². The number of tetrazole rings is 1. The molecule has 14 heteroatoms. The molecule has 0 N–H and O–H groups in total. The molecule has 1 atom stereocenters. The van der Waals surface area contributed by atoms with Crippen molar-refractivity contribution in [2.24, 2.45) is 0 Å². The standard InChI is InChI=1S/C15H15N5O2S.6U/c1-12(14-9-5-6-10-16-14)11-23(21,22)15-17-18-19-20(15)13-7-3-2-4-8-13;;;;;;/h2-10,12H,11H2,1H3;;;;;;/t12-;;;;;;/m1....../s1. The third-order valence-electron chi connectivity index (χ3n) is 3.38. The van der Waals surface area contributed by atoms with Gasteiger partial charge >= 0.3 is 0 Å². The van der Waals surface area contributed by atoms with Crippen LogP contribution in [0.5, 0.6) is 0 Å². The first-order valence-electron chi connectivity index (χ1n) is 7.05. The van der Waals surface area contributed by atoms with Crippen molar-refractivity contribution in [3.8, 4) is 5.69 Å². The molecule has 7 nitrogen and oxygen atoms in total. The zero-order chi connectivity index (χ0) is 16.3. The van der Waals surface area contributed by atoms with Gasteiger partial charge in [-0.2, -0.15) is 4.68 Å². The van der Waals surface area contributed by atoms with Gasteiger partial charge in [-0.1, -0.05) is 36.3 Å². The van der Waals surface area contributed by atoms with Crippen molar-refractivity contribution >= 4 is 9.84 Å². The third-order valence-corrected chi connectivity index (χ3v) is 5.13. The summed E-state index contributed by atoms with van der Waals surface area (Å²) in [5, 5.41) is 10.9. The Bertz CT molecular complexity index is 900. The number of aromatic nitrogens is 5. The van der Waals surface area contributed by atoms with E-state index in [0.29, 0.717) is 5.69 Å². The normalized spacial score (nSPS) is 10.2. The van der Waals surface area contributed by atoms with Crippen LogP contribution in [-0.2, 0) is 9.84 Å². The summed E-state index contributed by atoms with van der Waals surface area (Å²) in [7, 11) is -3.66. The zero-order valence-corrected chi connectivity index (χ0v) is 41.2. The number of benzene rings is 1. The summed E-state index contributed by atoms with van der Waals surface area (Å²) < 4.78 is 26.6. The van der Waals surface area contributed by atoms with Crippen LogP contribution in [-0.4, -0.2) is 39.4 Å². The Hall–Kier alpha value is 3.70. The Kier molecular flexibility index (Phi) is 27.4. The molecule has 0 aliphatic carbocycles. The molecule has 0 saturated heterocycles. The largest absolute Gasteiger partial charge is 0.272 e. The first-order chi connectivity index (χ1) is 11.1. The molecule has 0 unspecified atom stereocenters. The summed E-state index contributed by atoms with van der Waals surface area (Å²) in [6.07, 6.45) is 1.65. The van der Waals surface area contributed by atoms with Gasteiger partial charge < -0.3 is 0 Å². The molecule has 2 heterocycles. The monoisotopic (exact) mass is 1760 g/mol. The molecule has 0 radical (unpaired) electrons. The predicted octanol–water partition coefficient (Wildman–Crippen LogP) is 1.63. The Morgan fingerprint density at radius 3 is 2.03 bits per heavy atom. The Balaban J connectivity index is -0.000000521. The maximum atomic E-state index is 12.7. The molecular weight excluding hydrogens is 1740 g/mol. The number of rotatable bonds is 5. The van der Waals surface area contributed by atoms with E-state index in [9.17, 15) is 8.42 Å². The average Bonchev–Trinajstić information content (AvgIpc) is 3.07. The molecule has 142 valence electrons. The van der Waals surface area contributed by atoms with Crippen LogP contribution >= 0.6 is 0 Å². The van der Waals surface area contributed by atoms with Crippen LogP contribution in [0.2, 0.25) is 0 Å². The van der Waals surface area contributed by atoms with Crippen molar-refractivity contribution in [2.45, 2.75) is 18.0 Å². The molecule has 0 saturated carbocycles. The quantitative estimate of drug-likeness (QED) is 0.387. The van der Waals surface area contributed by atoms with E-state index in [4.69, 9.17) is 0 Å². The molecule has 3 aromatic rings. The van der Waals surface area contributed by atoms with Gasteiger partial charge in [-0.15, -0.1) is 0 Å². The minimum absolute atomic E-state index is 0. The van der Waals surface area contributed by atoms with Crippen LogP contribution < -0.4 is 0 Å². The Morgan fingerprint density at radius 1 is 0.897 bits per heavy atom. The molecule has 1 aromatic carbocycles. The number of hydrogen-bond acceptors (Lipinski definition) is 6. The third kappa shape index (κ3) is 11.8. The van der Waals surface area contributed by atoms with E-state index in [2.05, 4.69) is 20.5 Å². The van der Waals surface area contributed by atoms with Gasteiger partial charge in [0.25, 0.3) is 5.16 Å². The van der Waals surface area contributed by atoms with Crippen LogP contribution in [0.4, 0.5) is 0 Å². The van der Waals surface area contributed by atoms with Crippen molar-refractivity contribution in [3.05, 3.63) is 60.4 Å². The van der Waals surface area contributed by atoms with Crippen molar-refractivity contribution in [1.29, 1.82) is 0 Å². The molecule has 2 aromatic heterocycles. The van der Waals surface area contributed by atoms with Crippen molar-refractivity contribution in [2.75, 3.05) is 5.75 Å². The molecule has 0 bridgehead atoms. The first-order valence-corrected chi connectivity index (χ1v) is 8.70. The van der Waals surface area contributed by atoms with Gasteiger partial charge in [0.1, 0.15) is 0 Å². The van der Waals surface area contributed by atoms with E-state index in [-0.39, 0.29) is 204 Å². The molecule has 0 amide bonds. The molecule has 0 spiro atoms. The number of sulfone groups is 1. The Labute approximate surface area is 313 Å². The van der Waals surface area contributed by atoms with Gasteiger partial charge in [0, 0.05) is 204 Å². The van der Waals surface area contributed by atoms with Gasteiger partial charge in [0.15, 0.2) is 0 Å². The van der Waals surface area contributed by atoms with E-state index >= 15 is 0 Å². The summed E-state index contributed by atoms with van der Waals surface area (Å²) in [4.78, 5) is 4.20. The molecule has 29 heavy (non-hydrogen) atoms. The van der Waals surface area contributed by atoms with E-state index in [1.165, 1.54) is 4.68 Å². The maximum absolute atomic E-state index is 12.7. The average molecular weight is 1760 g/mol. The molecular formula is C15H15N5O2SU6. The number of hydrogen-bond donors (Lipinski definition) is 0. The molecule has 0 fully saturated rings. The fourth-order valence-corrected chi connectivity index (χ4v) is 3.81. The molecule has 0 aliphatic heterocycles. The summed E-state index contributed by atoms with van der Waals surface area (Å²) in [6.45, 7) is 1.82. The fourth-order valence-electron chi connectivity index (χ4n) is 2.26. The van der Waals surface area contributed by atoms with E-state index in [1.807, 2.05) is 19.1 Å². The number of para-hydroxylation sites is 1. The maximum Gasteiger partial charge on any atom is 0.272 e. The van der Waals surface area contributed by atoms with Crippen LogP contribution in [0.3, 0.4) is 0 Å². The molecule has 0 aliphatic rings. The fraction of sp³-hybridized carbons (Fsp3) is 0.200. The van der Waals surface area contributed by atoms with E-state index in [1.54, 1.807) is 42.6 Å². The van der Waals surface area contributed by atoms with E-state index < -0.39 is 9.84 Å². The second-order valence-electron chi connectivity index (χ2n) is 5.15. The summed E-state index contributed by atoms with van der Waals surface area (Å²) >= 11 is 0. The first kappa shape index (κ1) is 39.9. The van der Waals surface area contributed by atoms with Crippen molar-refractivity contribution in [1.82, 2.24) is 25.2 Å². The number of nitrogens with zero attached hydrogens (tertiary/aromatic N) is 5. The predicted molar refractivity (Wildman–Crippen MR) is 83.9 cm³/mol. The van der Waals surface area contributed by atoms with E-state index in [0.717, 1.165) is 5.69 Å². The second kappa shape index (κ2) is 20.0. The summed E-state index contributed by atoms with van der Waals surface area (Å²) in [5.41, 5.74) is 1.32. The van der Waals surface area contributed by atoms with Gasteiger partial charge in [0.2, 0.25) is 9.84 Å². The summed E-state index contributed by atoms with van der Waals surface area (Å²) in [6, 6.07) is 14.4. The minimum atomic E-state index is -3.66. The second-order valence-corrected chi connectivity index (χ2v) is 7.07. The van der Waals surface area contributed by atoms with Crippen LogP contribution in [0.25, 0.3) is 5.69 Å². The van der Waals surface area contributed by atoms with Gasteiger partial charge in [-0.3, -0.25) is 4.98 Å². The Morgan fingerprint density at radius 2 is 1.48 bits per heavy atom. The van der Waals surface area contributed by atoms with Crippen LogP contribution in [0.1, 0.15) is 18.5 Å². The SMILES string of the molecule is C[C@H](CS(=O)(=O)c1nnnn1-c1ccccc1)c1ccccn1.[U].[U].[U].[U].[U].[U]. The van der Waals surface area contributed by atoms with Crippen LogP contribution in [0, 0.1) is 187 Å². The van der Waals surface area contributed by atoms with Gasteiger partial charge in [-0.05, 0) is 34.7 Å². The van der Waals surface area contributed by atoms with Crippen molar-refractivity contribution < 1.29 is 195 Å². The number of pyridine rings is 1. The topological polar surface area (TPSA) is 90.6 Å². The van der Waals surface area contributed by atoms with Gasteiger partial charge in [0.05, 0.1) is 11.4 Å². The zero-order valence-electron chi connectivity index (χ0n) is 15.4. The minimum Gasteiger partial charge on any atom is -0.261 e.